The highest BCUT2D eigenvalue weighted by Gasteiger charge is 2.31. The number of rotatable bonds is 3. The molecule has 1 aliphatic heterocycles. The summed E-state index contributed by atoms with van der Waals surface area (Å²) in [6.45, 7) is 0.588. The molecule has 0 saturated carbocycles. The molecule has 0 aromatic heterocycles. The van der Waals surface area contributed by atoms with Crippen LogP contribution in [0.4, 0.5) is 5.69 Å². The van der Waals surface area contributed by atoms with E-state index in [-0.39, 0.29) is 5.91 Å². The monoisotopic (exact) mass is 278 g/mol. The Kier molecular flexibility index (Phi) is 3.96. The van der Waals surface area contributed by atoms with Gasteiger partial charge in [0.25, 0.3) is 0 Å². The van der Waals surface area contributed by atoms with Gasteiger partial charge in [-0.3, -0.25) is 4.79 Å². The van der Waals surface area contributed by atoms with Crippen LogP contribution in [-0.2, 0) is 14.8 Å². The van der Waals surface area contributed by atoms with Gasteiger partial charge in [-0.15, -0.1) is 0 Å². The van der Waals surface area contributed by atoms with Crippen molar-refractivity contribution in [1.82, 2.24) is 4.72 Å². The SMILES string of the molecule is [B]c1ccc(N2CCCC(NS(C)(=O)=O)C2=O)cc1. The Bertz CT molecular complexity index is 571. The quantitative estimate of drug-likeness (QED) is 0.760. The zero-order chi connectivity index (χ0) is 14.0. The van der Waals surface area contributed by atoms with Crippen LogP contribution in [0.5, 0.6) is 0 Å². The Morgan fingerprint density at radius 2 is 1.95 bits per heavy atom. The van der Waals surface area contributed by atoms with Crippen LogP contribution < -0.4 is 15.1 Å². The first-order valence-corrected chi connectivity index (χ1v) is 7.90. The van der Waals surface area contributed by atoms with Crippen molar-refractivity contribution in [3.05, 3.63) is 24.3 Å². The topological polar surface area (TPSA) is 66.5 Å². The standard InChI is InChI=1S/C12H15BN2O3S/c1-19(17,18)14-11-3-2-8-15(12(11)16)10-6-4-9(13)5-7-10/h4-7,11,14H,2-3,8H2,1H3. The second kappa shape index (κ2) is 5.34. The van der Waals surface area contributed by atoms with Gasteiger partial charge in [-0.25, -0.2) is 13.1 Å². The molecule has 1 N–H and O–H groups in total. The summed E-state index contributed by atoms with van der Waals surface area (Å²) >= 11 is 0. The molecule has 1 aromatic rings. The van der Waals surface area contributed by atoms with Crippen LogP contribution in [0.15, 0.2) is 24.3 Å². The molecule has 1 heterocycles. The van der Waals surface area contributed by atoms with Crippen LogP contribution >= 0.6 is 0 Å². The van der Waals surface area contributed by atoms with Crippen molar-refractivity contribution in [2.24, 2.45) is 0 Å². The molecule has 1 unspecified atom stereocenters. The molecule has 2 radical (unpaired) electrons. The minimum Gasteiger partial charge on any atom is -0.311 e. The van der Waals surface area contributed by atoms with Gasteiger partial charge >= 0.3 is 0 Å². The van der Waals surface area contributed by atoms with Crippen molar-refractivity contribution in [2.75, 3.05) is 17.7 Å². The first kappa shape index (κ1) is 14.1. The highest BCUT2D eigenvalue weighted by molar-refractivity contribution is 7.88. The molecule has 1 aliphatic rings. The zero-order valence-corrected chi connectivity index (χ0v) is 11.5. The number of sulfonamides is 1. The number of hydrogen-bond acceptors (Lipinski definition) is 3. The van der Waals surface area contributed by atoms with Crippen molar-refractivity contribution in [2.45, 2.75) is 18.9 Å². The van der Waals surface area contributed by atoms with Gasteiger partial charge in [-0.2, -0.15) is 0 Å². The van der Waals surface area contributed by atoms with Crippen molar-refractivity contribution in [3.8, 4) is 0 Å². The third kappa shape index (κ3) is 3.57. The van der Waals surface area contributed by atoms with E-state index in [4.69, 9.17) is 7.85 Å². The van der Waals surface area contributed by atoms with E-state index < -0.39 is 16.1 Å². The maximum Gasteiger partial charge on any atom is 0.245 e. The van der Waals surface area contributed by atoms with E-state index in [0.717, 1.165) is 18.4 Å². The number of nitrogens with zero attached hydrogens (tertiary/aromatic N) is 1. The number of anilines is 1. The summed E-state index contributed by atoms with van der Waals surface area (Å²) in [5.74, 6) is -0.221. The molecule has 0 spiro atoms. The van der Waals surface area contributed by atoms with Crippen LogP contribution in [0.1, 0.15) is 12.8 Å². The van der Waals surface area contributed by atoms with Crippen LogP contribution in [0.2, 0.25) is 0 Å². The maximum atomic E-state index is 12.3. The van der Waals surface area contributed by atoms with E-state index >= 15 is 0 Å². The molecule has 100 valence electrons. The lowest BCUT2D eigenvalue weighted by Gasteiger charge is -2.32. The van der Waals surface area contributed by atoms with E-state index in [9.17, 15) is 13.2 Å². The number of nitrogens with one attached hydrogen (secondary N) is 1. The summed E-state index contributed by atoms with van der Waals surface area (Å²) in [5, 5.41) is 0. The van der Waals surface area contributed by atoms with Gasteiger partial charge in [-0.1, -0.05) is 17.6 Å². The maximum absolute atomic E-state index is 12.3. The molecule has 1 amide bonds. The normalized spacial score (nSPS) is 20.6. The van der Waals surface area contributed by atoms with Crippen LogP contribution in [0.25, 0.3) is 0 Å². The van der Waals surface area contributed by atoms with E-state index in [0.29, 0.717) is 18.4 Å². The lowest BCUT2D eigenvalue weighted by molar-refractivity contribution is -0.121. The van der Waals surface area contributed by atoms with E-state index in [1.807, 2.05) is 0 Å². The summed E-state index contributed by atoms with van der Waals surface area (Å²) in [5.41, 5.74) is 1.36. The second-order valence-electron chi connectivity index (χ2n) is 4.67. The van der Waals surface area contributed by atoms with Gasteiger partial charge in [0.05, 0.1) is 6.26 Å². The molecular formula is C12H15BN2O3S. The number of hydrogen-bond donors (Lipinski definition) is 1. The van der Waals surface area contributed by atoms with Gasteiger partial charge in [0.1, 0.15) is 13.9 Å². The number of carbonyl (C=O) groups excluding carboxylic acids is 1. The minimum absolute atomic E-state index is 0.221. The summed E-state index contributed by atoms with van der Waals surface area (Å²) in [4.78, 5) is 13.8. The summed E-state index contributed by atoms with van der Waals surface area (Å²) < 4.78 is 24.8. The number of amides is 1. The first-order chi connectivity index (χ1) is 8.87. The Balaban J connectivity index is 2.18. The fraction of sp³-hybridized carbons (Fsp3) is 0.417. The molecular weight excluding hydrogens is 263 g/mol. The summed E-state index contributed by atoms with van der Waals surface area (Å²) in [6, 6.07) is 6.28. The third-order valence-corrected chi connectivity index (χ3v) is 3.71. The lowest BCUT2D eigenvalue weighted by Crippen LogP contribution is -2.52. The highest BCUT2D eigenvalue weighted by Crippen LogP contribution is 2.20. The van der Waals surface area contributed by atoms with Crippen molar-refractivity contribution >= 4 is 34.9 Å². The molecule has 7 heteroatoms. The van der Waals surface area contributed by atoms with Crippen LogP contribution in [0.3, 0.4) is 0 Å². The van der Waals surface area contributed by atoms with E-state index in [2.05, 4.69) is 4.72 Å². The Hall–Kier alpha value is -1.34. The number of carbonyl (C=O) groups is 1. The highest BCUT2D eigenvalue weighted by atomic mass is 32.2. The Labute approximate surface area is 114 Å². The van der Waals surface area contributed by atoms with Crippen molar-refractivity contribution in [3.63, 3.8) is 0 Å². The van der Waals surface area contributed by atoms with Gasteiger partial charge in [0, 0.05) is 12.2 Å². The fourth-order valence-electron chi connectivity index (χ4n) is 2.15. The fourth-order valence-corrected chi connectivity index (χ4v) is 2.89. The molecule has 0 aliphatic carbocycles. The first-order valence-electron chi connectivity index (χ1n) is 6.01. The van der Waals surface area contributed by atoms with Crippen LogP contribution in [-0.4, -0.2) is 41.0 Å². The smallest absolute Gasteiger partial charge is 0.245 e. The summed E-state index contributed by atoms with van der Waals surface area (Å²) in [7, 11) is 2.22. The third-order valence-electron chi connectivity index (χ3n) is 3.00. The van der Waals surface area contributed by atoms with E-state index in [1.165, 1.54) is 0 Å². The molecule has 19 heavy (non-hydrogen) atoms. The second-order valence-corrected chi connectivity index (χ2v) is 6.45. The van der Waals surface area contributed by atoms with Gasteiger partial charge < -0.3 is 4.90 Å². The van der Waals surface area contributed by atoms with Crippen molar-refractivity contribution in [1.29, 1.82) is 0 Å². The number of piperidine rings is 1. The molecule has 1 aromatic carbocycles. The molecule has 1 atom stereocenters. The molecule has 1 saturated heterocycles. The zero-order valence-electron chi connectivity index (χ0n) is 10.7. The molecule has 1 fully saturated rings. The van der Waals surface area contributed by atoms with Gasteiger partial charge in [-0.05, 0) is 25.0 Å². The van der Waals surface area contributed by atoms with Crippen LogP contribution in [0, 0.1) is 0 Å². The molecule has 5 nitrogen and oxygen atoms in total. The number of benzene rings is 1. The Morgan fingerprint density at radius 1 is 1.32 bits per heavy atom. The molecule has 2 rings (SSSR count). The molecule has 0 bridgehead atoms. The largest absolute Gasteiger partial charge is 0.311 e. The Morgan fingerprint density at radius 3 is 2.53 bits per heavy atom. The summed E-state index contributed by atoms with van der Waals surface area (Å²) in [6.07, 6.45) is 2.34. The van der Waals surface area contributed by atoms with E-state index in [1.54, 1.807) is 29.2 Å². The average Bonchev–Trinajstić information content (AvgIpc) is 2.32. The lowest BCUT2D eigenvalue weighted by atomic mass is 9.96. The van der Waals surface area contributed by atoms with Gasteiger partial charge in [0.2, 0.25) is 15.9 Å². The predicted octanol–water partition coefficient (Wildman–Crippen LogP) is -0.475. The van der Waals surface area contributed by atoms with Crippen molar-refractivity contribution < 1.29 is 13.2 Å². The van der Waals surface area contributed by atoms with Gasteiger partial charge in [0.15, 0.2) is 0 Å². The predicted molar refractivity (Wildman–Crippen MR) is 75.2 cm³/mol. The minimum atomic E-state index is -3.39. The average molecular weight is 278 g/mol.